The second-order valence-electron chi connectivity index (χ2n) is 9.12. The van der Waals surface area contributed by atoms with Crippen molar-refractivity contribution >= 4 is 34.6 Å². The van der Waals surface area contributed by atoms with Gasteiger partial charge in [-0.1, -0.05) is 37.1 Å². The highest BCUT2D eigenvalue weighted by molar-refractivity contribution is 6.24. The maximum absolute atomic E-state index is 12.6. The number of benzene rings is 2. The highest BCUT2D eigenvalue weighted by atomic mass is 16.4. The van der Waals surface area contributed by atoms with E-state index < -0.39 is 56.9 Å². The molecule has 208 valence electrons. The van der Waals surface area contributed by atoms with Crippen LogP contribution < -0.4 is 0 Å². The van der Waals surface area contributed by atoms with Gasteiger partial charge in [0.05, 0.1) is 57.4 Å². The fourth-order valence-corrected chi connectivity index (χ4v) is 4.52. The predicted molar refractivity (Wildman–Crippen MR) is 139 cm³/mol. The highest BCUT2D eigenvalue weighted by Crippen LogP contribution is 2.37. The van der Waals surface area contributed by atoms with Crippen LogP contribution in [0, 0.1) is 0 Å². The molecule has 0 aliphatic heterocycles. The predicted octanol–water partition coefficient (Wildman–Crippen LogP) is 3.48. The van der Waals surface area contributed by atoms with E-state index in [2.05, 4.69) is 20.6 Å². The van der Waals surface area contributed by atoms with Crippen LogP contribution in [0.5, 0.6) is 0 Å². The van der Waals surface area contributed by atoms with Crippen LogP contribution in [0.3, 0.4) is 0 Å². The van der Waals surface area contributed by atoms with E-state index in [1.54, 1.807) is 0 Å². The van der Waals surface area contributed by atoms with E-state index in [4.69, 9.17) is 0 Å². The maximum Gasteiger partial charge on any atom is 0.338 e. The van der Waals surface area contributed by atoms with E-state index in [9.17, 15) is 39.6 Å². The molecule has 4 rings (SSSR count). The Morgan fingerprint density at radius 2 is 1.02 bits per heavy atom. The molecule has 2 heterocycles. The lowest BCUT2D eigenvalue weighted by molar-refractivity contribution is 0.0675. The Bertz CT molecular complexity index is 1530. The average Bonchev–Trinajstić information content (AvgIpc) is 3.58. The van der Waals surface area contributed by atoms with Crippen LogP contribution in [0.15, 0.2) is 24.5 Å². The first kappa shape index (κ1) is 27.9. The summed E-state index contributed by atoms with van der Waals surface area (Å²) in [6, 6.07) is 1.92. The van der Waals surface area contributed by atoms with Gasteiger partial charge >= 0.3 is 23.9 Å². The Labute approximate surface area is 226 Å². The van der Waals surface area contributed by atoms with Crippen LogP contribution in [0.2, 0.25) is 0 Å². The number of rotatable bonds is 12. The largest absolute Gasteiger partial charge is 0.478 e. The molecule has 0 aliphatic carbocycles. The van der Waals surface area contributed by atoms with E-state index in [0.717, 1.165) is 47.2 Å². The van der Waals surface area contributed by atoms with Crippen molar-refractivity contribution in [3.63, 3.8) is 0 Å². The molecule has 0 unspecified atom stereocenters. The molecule has 2 aromatic carbocycles. The van der Waals surface area contributed by atoms with Crippen molar-refractivity contribution in [3.05, 3.63) is 58.2 Å². The third kappa shape index (κ3) is 5.10. The molecule has 0 bridgehead atoms. The number of carbonyl (C=O) groups is 4. The summed E-state index contributed by atoms with van der Waals surface area (Å²) in [5, 5.41) is 55.5. The van der Waals surface area contributed by atoms with Crippen molar-refractivity contribution in [1.29, 1.82) is 0 Å². The number of aryl methyl sites for hydroxylation is 2. The zero-order chi connectivity index (χ0) is 29.1. The number of aromatic nitrogens is 6. The summed E-state index contributed by atoms with van der Waals surface area (Å²) in [5.74, 6) is -6.44. The van der Waals surface area contributed by atoms with Gasteiger partial charge in [-0.05, 0) is 37.8 Å². The molecule has 0 atom stereocenters. The quantitative estimate of drug-likeness (QED) is 0.200. The first-order valence-electron chi connectivity index (χ1n) is 12.5. The molecule has 0 saturated carbocycles. The minimum Gasteiger partial charge on any atom is -0.478 e. The fourth-order valence-electron chi connectivity index (χ4n) is 4.52. The molecule has 14 nitrogen and oxygen atoms in total. The summed E-state index contributed by atoms with van der Waals surface area (Å²) in [7, 11) is 0. The number of unbranched alkanes of at least 4 members (excludes halogenated alkanes) is 2. The number of nitrogens with zero attached hydrogens (tertiary/aromatic N) is 6. The zero-order valence-electron chi connectivity index (χ0n) is 21.7. The van der Waals surface area contributed by atoms with Gasteiger partial charge < -0.3 is 20.4 Å². The van der Waals surface area contributed by atoms with E-state index in [0.29, 0.717) is 24.2 Å². The van der Waals surface area contributed by atoms with Gasteiger partial charge in [0.2, 0.25) is 0 Å². The maximum atomic E-state index is 12.6. The lowest BCUT2D eigenvalue weighted by atomic mass is 9.89. The second-order valence-corrected chi connectivity index (χ2v) is 9.12. The van der Waals surface area contributed by atoms with Gasteiger partial charge in [0.1, 0.15) is 0 Å². The molecule has 14 heteroatoms. The molecule has 0 fully saturated rings. The smallest absolute Gasteiger partial charge is 0.338 e. The Morgan fingerprint density at radius 1 is 0.650 bits per heavy atom. The first-order valence-corrected chi connectivity index (χ1v) is 12.5. The first-order chi connectivity index (χ1) is 19.1. The van der Waals surface area contributed by atoms with Crippen LogP contribution in [-0.4, -0.2) is 74.3 Å². The third-order valence-electron chi connectivity index (χ3n) is 6.40. The summed E-state index contributed by atoms with van der Waals surface area (Å²) in [5.41, 5.74) is -2.06. The van der Waals surface area contributed by atoms with Gasteiger partial charge in [-0.25, -0.2) is 28.5 Å². The van der Waals surface area contributed by atoms with Crippen LogP contribution in [0.1, 0.15) is 92.4 Å². The minimum absolute atomic E-state index is 0.276. The van der Waals surface area contributed by atoms with E-state index in [1.807, 2.05) is 13.8 Å². The van der Waals surface area contributed by atoms with E-state index >= 15 is 0 Å². The Kier molecular flexibility index (Phi) is 7.88. The molecular formula is C26H26N6O8. The lowest BCUT2D eigenvalue weighted by Crippen LogP contribution is -2.17. The van der Waals surface area contributed by atoms with E-state index in [1.165, 1.54) is 12.4 Å². The second kappa shape index (κ2) is 11.3. The molecule has 0 spiro atoms. The van der Waals surface area contributed by atoms with Gasteiger partial charge in [-0.3, -0.25) is 0 Å². The topological polar surface area (TPSA) is 211 Å². The summed E-state index contributed by atoms with van der Waals surface area (Å²) in [6.45, 7) is 3.95. The summed E-state index contributed by atoms with van der Waals surface area (Å²) >= 11 is 0. The van der Waals surface area contributed by atoms with Crippen molar-refractivity contribution in [2.24, 2.45) is 0 Å². The molecule has 0 radical (unpaired) electrons. The molecule has 0 saturated heterocycles. The van der Waals surface area contributed by atoms with Crippen molar-refractivity contribution < 1.29 is 39.6 Å². The van der Waals surface area contributed by atoms with Gasteiger partial charge in [0.15, 0.2) is 0 Å². The Morgan fingerprint density at radius 3 is 1.32 bits per heavy atom. The lowest BCUT2D eigenvalue weighted by Gasteiger charge is -2.18. The number of hydrogen-bond donors (Lipinski definition) is 4. The van der Waals surface area contributed by atoms with Crippen LogP contribution in [0.25, 0.3) is 22.1 Å². The van der Waals surface area contributed by atoms with Crippen LogP contribution in [0.4, 0.5) is 0 Å². The number of fused-ring (bicyclic) bond motifs is 1. The van der Waals surface area contributed by atoms with Crippen LogP contribution >= 0.6 is 0 Å². The van der Waals surface area contributed by atoms with Crippen LogP contribution in [-0.2, 0) is 12.8 Å². The van der Waals surface area contributed by atoms with Crippen molar-refractivity contribution in [2.45, 2.75) is 52.4 Å². The van der Waals surface area contributed by atoms with Crippen molar-refractivity contribution in [1.82, 2.24) is 30.0 Å². The number of carboxylic acids is 4. The van der Waals surface area contributed by atoms with Gasteiger partial charge in [0, 0.05) is 10.8 Å². The standard InChI is InChI=1S/C26H26N6O8/c1-3-5-7-13-11-31(29-27-13)17-9-15(23(33)34)20-19(21(17)25(37)38)16(24(35)36)10-18(22(20)26(39)40)32-12-14(28-30-32)8-6-4-2/h9-12H,3-8H2,1-2H3,(H,33,34)(H,35,36)(H,37,38)(H,39,40). The molecule has 4 N–H and O–H groups in total. The molecular weight excluding hydrogens is 524 g/mol. The number of hydrogen-bond acceptors (Lipinski definition) is 8. The monoisotopic (exact) mass is 550 g/mol. The number of carboxylic acid groups (broad SMARTS) is 4. The SMILES string of the molecule is CCCCc1cn(-c2cc(C(=O)O)c3c(C(=O)O)c(-n4cc(CCCC)nn4)cc(C(=O)O)c3c2C(=O)O)nn1. The highest BCUT2D eigenvalue weighted by Gasteiger charge is 2.32. The van der Waals surface area contributed by atoms with Crippen molar-refractivity contribution in [3.8, 4) is 11.4 Å². The molecule has 40 heavy (non-hydrogen) atoms. The summed E-state index contributed by atoms with van der Waals surface area (Å²) in [6.07, 6.45) is 7.19. The molecule has 0 aliphatic rings. The van der Waals surface area contributed by atoms with Gasteiger partial charge in [-0.15, -0.1) is 10.2 Å². The Balaban J connectivity index is 2.15. The third-order valence-corrected chi connectivity index (χ3v) is 6.40. The normalized spacial score (nSPS) is 11.2. The fraction of sp³-hybridized carbons (Fsp3) is 0.308. The number of aromatic carboxylic acids is 4. The zero-order valence-corrected chi connectivity index (χ0v) is 21.7. The molecule has 2 aromatic heterocycles. The van der Waals surface area contributed by atoms with E-state index in [-0.39, 0.29) is 11.4 Å². The van der Waals surface area contributed by atoms with Gasteiger partial charge in [0.25, 0.3) is 0 Å². The summed E-state index contributed by atoms with van der Waals surface area (Å²) < 4.78 is 2.11. The van der Waals surface area contributed by atoms with Crippen molar-refractivity contribution in [2.75, 3.05) is 0 Å². The Hall–Kier alpha value is -5.14. The summed E-state index contributed by atoms with van der Waals surface area (Å²) in [4.78, 5) is 50.2. The van der Waals surface area contributed by atoms with Gasteiger partial charge in [-0.2, -0.15) is 0 Å². The molecule has 4 aromatic rings. The molecule has 0 amide bonds. The average molecular weight is 551 g/mol. The minimum atomic E-state index is -1.61.